The van der Waals surface area contributed by atoms with Gasteiger partial charge in [-0.15, -0.1) is 0 Å². The van der Waals surface area contributed by atoms with E-state index in [1.165, 1.54) is 315 Å². The zero-order chi connectivity index (χ0) is 58.3. The van der Waals surface area contributed by atoms with Crippen LogP contribution < -0.4 is 5.11 Å². The molecule has 0 fully saturated rings. The molecule has 0 bridgehead atoms. The fourth-order valence-corrected chi connectivity index (χ4v) is 11.1. The predicted molar refractivity (Wildman–Crippen MR) is 339 cm³/mol. The van der Waals surface area contributed by atoms with E-state index in [4.69, 9.17) is 18.9 Å². The quantitative estimate of drug-likeness (QED) is 0.0256. The summed E-state index contributed by atoms with van der Waals surface area (Å²) in [5.41, 5.74) is 0. The number of carbonyl (C=O) groups excluding carboxylic acids is 3. The highest BCUT2D eigenvalue weighted by atomic mass is 16.7. The van der Waals surface area contributed by atoms with Gasteiger partial charge in [0, 0.05) is 12.8 Å². The fourth-order valence-electron chi connectivity index (χ4n) is 11.1. The number of rotatable bonds is 68. The molecule has 0 heterocycles. The van der Waals surface area contributed by atoms with E-state index >= 15 is 0 Å². The molecule has 0 aromatic carbocycles. The van der Waals surface area contributed by atoms with Gasteiger partial charge in [0.15, 0.2) is 12.4 Å². The summed E-state index contributed by atoms with van der Waals surface area (Å²) < 4.78 is 22.8. The molecule has 0 saturated carbocycles. The molecule has 0 aliphatic heterocycles. The molecule has 0 rings (SSSR count). The lowest BCUT2D eigenvalue weighted by Gasteiger charge is -2.26. The summed E-state index contributed by atoms with van der Waals surface area (Å²) in [5, 5.41) is 11.8. The minimum Gasteiger partial charge on any atom is -0.545 e. The number of aliphatic carboxylic acids is 1. The van der Waals surface area contributed by atoms with Gasteiger partial charge in [-0.05, 0) is 12.8 Å². The molecule has 2 atom stereocenters. The van der Waals surface area contributed by atoms with Crippen LogP contribution in [0.3, 0.4) is 0 Å². The van der Waals surface area contributed by atoms with Gasteiger partial charge in [0.1, 0.15) is 13.2 Å². The Bertz CT molecular complexity index is 1270. The van der Waals surface area contributed by atoms with Crippen LogP contribution in [0.4, 0.5) is 0 Å². The highest BCUT2D eigenvalue weighted by Crippen LogP contribution is 2.20. The summed E-state index contributed by atoms with van der Waals surface area (Å²) in [6, 6.07) is 0. The highest BCUT2D eigenvalue weighted by molar-refractivity contribution is 5.70. The Labute approximate surface area is 498 Å². The molecule has 0 N–H and O–H groups in total. The maximum atomic E-state index is 12.9. The first-order chi connectivity index (χ1) is 39.1. The lowest BCUT2D eigenvalue weighted by atomic mass is 10.0. The van der Waals surface area contributed by atoms with Gasteiger partial charge in [0.25, 0.3) is 0 Å². The molecule has 80 heavy (non-hydrogen) atoms. The third-order valence-corrected chi connectivity index (χ3v) is 16.6. The van der Waals surface area contributed by atoms with Gasteiger partial charge in [-0.1, -0.05) is 354 Å². The lowest BCUT2D eigenvalue weighted by molar-refractivity contribution is -0.870. The van der Waals surface area contributed by atoms with Crippen molar-refractivity contribution in [1.82, 2.24) is 0 Å². The molecule has 476 valence electrons. The molecular formula is C71H139NO8. The Balaban J connectivity index is 3.99. The van der Waals surface area contributed by atoms with Crippen molar-refractivity contribution in [2.24, 2.45) is 0 Å². The summed E-state index contributed by atoms with van der Waals surface area (Å²) in [5.74, 6) is -2.24. The second-order valence-electron chi connectivity index (χ2n) is 25.9. The van der Waals surface area contributed by atoms with Crippen molar-refractivity contribution in [3.05, 3.63) is 0 Å². The van der Waals surface area contributed by atoms with Crippen molar-refractivity contribution < 1.29 is 42.9 Å². The van der Waals surface area contributed by atoms with Crippen LogP contribution in [0.5, 0.6) is 0 Å². The topological polar surface area (TPSA) is 111 Å². The van der Waals surface area contributed by atoms with Gasteiger partial charge in [0.2, 0.25) is 0 Å². The number of hydrogen-bond donors (Lipinski definition) is 0. The summed E-state index contributed by atoms with van der Waals surface area (Å²) in [7, 11) is 5.95. The zero-order valence-electron chi connectivity index (χ0n) is 54.5. The third-order valence-electron chi connectivity index (χ3n) is 16.6. The first-order valence-electron chi connectivity index (χ1n) is 35.7. The minimum absolute atomic E-state index is 0.154. The second kappa shape index (κ2) is 63.3. The zero-order valence-corrected chi connectivity index (χ0v) is 54.5. The van der Waals surface area contributed by atoms with Crippen molar-refractivity contribution in [2.45, 2.75) is 392 Å². The van der Waals surface area contributed by atoms with Gasteiger partial charge < -0.3 is 33.3 Å². The molecule has 0 amide bonds. The van der Waals surface area contributed by atoms with Crippen LogP contribution in [-0.4, -0.2) is 82.3 Å². The Hall–Kier alpha value is -1.71. The van der Waals surface area contributed by atoms with Crippen molar-refractivity contribution >= 4 is 17.9 Å². The normalized spacial score (nSPS) is 12.6. The van der Waals surface area contributed by atoms with Crippen molar-refractivity contribution in [3.8, 4) is 0 Å². The number of carbonyl (C=O) groups is 3. The SMILES string of the molecule is CCCCCCCCCCCCCCCCCCCCCCCCCCCCCCCCCCCCC(=O)OC(COC(=O)CCCCCCCCCCCCCCCCCCCCCCC)COC(OCC[N+](C)(C)C)C(=O)[O-]. The van der Waals surface area contributed by atoms with Gasteiger partial charge in [0.05, 0.1) is 40.3 Å². The minimum atomic E-state index is -1.62. The summed E-state index contributed by atoms with van der Waals surface area (Å²) in [4.78, 5) is 37.5. The molecule has 0 aliphatic carbocycles. The lowest BCUT2D eigenvalue weighted by Crippen LogP contribution is -2.44. The van der Waals surface area contributed by atoms with E-state index in [9.17, 15) is 19.5 Å². The number of esters is 2. The van der Waals surface area contributed by atoms with Crippen LogP contribution in [0.1, 0.15) is 380 Å². The number of unbranched alkanes of at least 4 members (excludes halogenated alkanes) is 53. The van der Waals surface area contributed by atoms with Crippen LogP contribution in [0.15, 0.2) is 0 Å². The van der Waals surface area contributed by atoms with E-state index in [0.29, 0.717) is 17.4 Å². The Morgan fingerprint density at radius 1 is 0.325 bits per heavy atom. The number of carboxylic acid groups (broad SMARTS) is 1. The van der Waals surface area contributed by atoms with E-state index in [2.05, 4.69) is 13.8 Å². The molecule has 0 spiro atoms. The van der Waals surface area contributed by atoms with Gasteiger partial charge in [-0.25, -0.2) is 0 Å². The van der Waals surface area contributed by atoms with E-state index < -0.39 is 24.3 Å². The fraction of sp³-hybridized carbons (Fsp3) is 0.958. The highest BCUT2D eigenvalue weighted by Gasteiger charge is 2.22. The standard InChI is InChI=1S/C71H139NO8/c1-6-8-10-12-14-16-18-20-22-24-26-28-29-30-31-32-33-34-35-36-37-38-39-40-42-44-46-48-50-52-54-56-58-60-62-69(74)80-67(66-79-71(70(75)76)77-64-63-72(3,4)5)65-78-68(73)61-59-57-55-53-51-49-47-45-43-41-27-25-23-21-19-17-15-13-11-9-7-2/h67,71H,6-66H2,1-5H3. The maximum absolute atomic E-state index is 12.9. The number of nitrogens with zero attached hydrogens (tertiary/aromatic N) is 1. The molecule has 0 aromatic rings. The van der Waals surface area contributed by atoms with Gasteiger partial charge >= 0.3 is 11.9 Å². The van der Waals surface area contributed by atoms with Crippen LogP contribution in [0.2, 0.25) is 0 Å². The smallest absolute Gasteiger partial charge is 0.306 e. The number of ether oxygens (including phenoxy) is 4. The molecule has 9 nitrogen and oxygen atoms in total. The monoisotopic (exact) mass is 1130 g/mol. The maximum Gasteiger partial charge on any atom is 0.306 e. The first-order valence-corrected chi connectivity index (χ1v) is 35.7. The molecular weight excluding hydrogens is 995 g/mol. The summed E-state index contributed by atoms with van der Waals surface area (Å²) in [6.45, 7) is 4.84. The summed E-state index contributed by atoms with van der Waals surface area (Å²) in [6.07, 6.45) is 72.0. The molecule has 9 heteroatoms. The van der Waals surface area contributed by atoms with Crippen molar-refractivity contribution in [3.63, 3.8) is 0 Å². The van der Waals surface area contributed by atoms with Gasteiger partial charge in [-0.3, -0.25) is 9.59 Å². The van der Waals surface area contributed by atoms with E-state index in [1.54, 1.807) is 0 Å². The molecule has 0 saturated heterocycles. The number of quaternary nitrogens is 1. The van der Waals surface area contributed by atoms with Crippen LogP contribution >= 0.6 is 0 Å². The molecule has 0 aromatic heterocycles. The Morgan fingerprint density at radius 3 is 0.800 bits per heavy atom. The average Bonchev–Trinajstić information content (AvgIpc) is 3.43. The average molecular weight is 1130 g/mol. The Kier molecular flexibility index (Phi) is 62.0. The van der Waals surface area contributed by atoms with Crippen LogP contribution in [0.25, 0.3) is 0 Å². The molecule has 0 radical (unpaired) electrons. The van der Waals surface area contributed by atoms with E-state index in [0.717, 1.165) is 38.5 Å². The van der Waals surface area contributed by atoms with Gasteiger partial charge in [-0.2, -0.15) is 0 Å². The predicted octanol–water partition coefficient (Wildman–Crippen LogP) is 20.5. The molecule has 0 aliphatic rings. The van der Waals surface area contributed by atoms with E-state index in [1.807, 2.05) is 21.1 Å². The van der Waals surface area contributed by atoms with Crippen LogP contribution in [0, 0.1) is 0 Å². The van der Waals surface area contributed by atoms with Crippen molar-refractivity contribution in [2.75, 3.05) is 47.5 Å². The first kappa shape index (κ1) is 78.3. The molecule has 2 unspecified atom stereocenters. The van der Waals surface area contributed by atoms with Crippen LogP contribution in [-0.2, 0) is 33.3 Å². The van der Waals surface area contributed by atoms with E-state index in [-0.39, 0.29) is 32.2 Å². The third kappa shape index (κ3) is 63.9. The second-order valence-corrected chi connectivity index (χ2v) is 25.9. The number of carboxylic acids is 1. The number of likely N-dealkylation sites (N-methyl/N-ethyl adjacent to an activating group) is 1. The Morgan fingerprint density at radius 2 is 0.562 bits per heavy atom. The summed E-state index contributed by atoms with van der Waals surface area (Å²) >= 11 is 0. The van der Waals surface area contributed by atoms with Crippen molar-refractivity contribution in [1.29, 1.82) is 0 Å². The largest absolute Gasteiger partial charge is 0.545 e. The number of hydrogen-bond acceptors (Lipinski definition) is 8.